The van der Waals surface area contributed by atoms with Gasteiger partial charge in [0, 0.05) is 24.2 Å². The molecule has 8 heteroatoms. The molecule has 1 fully saturated rings. The van der Waals surface area contributed by atoms with Crippen molar-refractivity contribution in [2.75, 3.05) is 13.2 Å². The molecule has 0 saturated carbocycles. The molecule has 1 aliphatic rings. The predicted octanol–water partition coefficient (Wildman–Crippen LogP) is 3.51. The van der Waals surface area contributed by atoms with Crippen LogP contribution in [0, 0.1) is 5.82 Å². The van der Waals surface area contributed by atoms with Crippen molar-refractivity contribution in [3.8, 4) is 0 Å². The highest BCUT2D eigenvalue weighted by molar-refractivity contribution is 9.10. The molecule has 6 nitrogen and oxygen atoms in total. The molecule has 30 heavy (non-hydrogen) atoms. The standard InChI is InChI=1S/C22H21BrFN3O3/c23-16-6-7-20-19(10-16)22(29)27(14-25-20)13-21(28)26(12-18-5-2-8-30-18)11-15-3-1-4-17(24)9-15/h1,3-4,6-7,9-10,14,18H,2,5,8,11-13H2. The van der Waals surface area contributed by atoms with Gasteiger partial charge in [0.25, 0.3) is 5.56 Å². The Labute approximate surface area is 181 Å². The van der Waals surface area contributed by atoms with Gasteiger partial charge in [0.2, 0.25) is 5.91 Å². The molecule has 156 valence electrons. The Hall–Kier alpha value is -2.58. The summed E-state index contributed by atoms with van der Waals surface area (Å²) in [6, 6.07) is 11.4. The van der Waals surface area contributed by atoms with E-state index in [-0.39, 0.29) is 36.5 Å². The first-order valence-electron chi connectivity index (χ1n) is 9.78. The first-order chi connectivity index (χ1) is 14.5. The van der Waals surface area contributed by atoms with Crippen molar-refractivity contribution in [1.29, 1.82) is 0 Å². The van der Waals surface area contributed by atoms with Crippen LogP contribution >= 0.6 is 15.9 Å². The number of carbonyl (C=O) groups is 1. The van der Waals surface area contributed by atoms with E-state index in [1.807, 2.05) is 6.07 Å². The van der Waals surface area contributed by atoms with Crippen LogP contribution in [0.2, 0.25) is 0 Å². The number of ether oxygens (including phenoxy) is 1. The molecule has 1 unspecified atom stereocenters. The van der Waals surface area contributed by atoms with Gasteiger partial charge in [0.1, 0.15) is 12.4 Å². The smallest absolute Gasteiger partial charge is 0.261 e. The van der Waals surface area contributed by atoms with E-state index < -0.39 is 0 Å². The minimum Gasteiger partial charge on any atom is -0.376 e. The van der Waals surface area contributed by atoms with Gasteiger partial charge in [-0.25, -0.2) is 9.37 Å². The highest BCUT2D eigenvalue weighted by Crippen LogP contribution is 2.17. The summed E-state index contributed by atoms with van der Waals surface area (Å²) in [4.78, 5) is 31.9. The number of carbonyl (C=O) groups excluding carboxylic acids is 1. The quantitative estimate of drug-likeness (QED) is 0.549. The summed E-state index contributed by atoms with van der Waals surface area (Å²) in [5.74, 6) is -0.592. The summed E-state index contributed by atoms with van der Waals surface area (Å²) in [6.45, 7) is 1.18. The highest BCUT2D eigenvalue weighted by atomic mass is 79.9. The molecule has 0 bridgehead atoms. The lowest BCUT2D eigenvalue weighted by atomic mass is 10.1. The Balaban J connectivity index is 1.58. The fraction of sp³-hybridized carbons (Fsp3) is 0.318. The third-order valence-electron chi connectivity index (χ3n) is 5.15. The molecule has 2 heterocycles. The van der Waals surface area contributed by atoms with E-state index in [4.69, 9.17) is 4.74 Å². The number of hydrogen-bond acceptors (Lipinski definition) is 4. The minimum absolute atomic E-state index is 0.0510. The molecule has 2 aromatic carbocycles. The van der Waals surface area contributed by atoms with Crippen LogP contribution in [0.4, 0.5) is 4.39 Å². The lowest BCUT2D eigenvalue weighted by Gasteiger charge is -2.26. The minimum atomic E-state index is -0.349. The number of hydrogen-bond donors (Lipinski definition) is 0. The van der Waals surface area contributed by atoms with Crippen LogP contribution in [0.15, 0.2) is 58.1 Å². The molecular weight excluding hydrogens is 453 g/mol. The zero-order valence-corrected chi connectivity index (χ0v) is 17.8. The zero-order chi connectivity index (χ0) is 21.1. The predicted molar refractivity (Wildman–Crippen MR) is 114 cm³/mol. The Bertz CT molecular complexity index is 1130. The number of halogens is 2. The van der Waals surface area contributed by atoms with Gasteiger partial charge in [-0.2, -0.15) is 0 Å². The van der Waals surface area contributed by atoms with E-state index in [9.17, 15) is 14.0 Å². The van der Waals surface area contributed by atoms with E-state index in [0.717, 1.165) is 17.3 Å². The SMILES string of the molecule is O=C(Cn1cnc2ccc(Br)cc2c1=O)N(Cc1cccc(F)c1)CC1CCCO1. The van der Waals surface area contributed by atoms with Crippen LogP contribution in [-0.2, 0) is 22.6 Å². The summed E-state index contributed by atoms with van der Waals surface area (Å²) in [5, 5.41) is 0.440. The van der Waals surface area contributed by atoms with Crippen molar-refractivity contribution in [3.05, 3.63) is 75.0 Å². The van der Waals surface area contributed by atoms with Crippen molar-refractivity contribution in [2.45, 2.75) is 32.0 Å². The molecule has 0 N–H and O–H groups in total. The Morgan fingerprint density at radius 2 is 2.17 bits per heavy atom. The lowest BCUT2D eigenvalue weighted by molar-refractivity contribution is -0.134. The second-order valence-corrected chi connectivity index (χ2v) is 8.29. The van der Waals surface area contributed by atoms with Gasteiger partial charge in [-0.1, -0.05) is 28.1 Å². The topological polar surface area (TPSA) is 64.4 Å². The van der Waals surface area contributed by atoms with E-state index in [1.165, 1.54) is 23.0 Å². The van der Waals surface area contributed by atoms with Gasteiger partial charge < -0.3 is 9.64 Å². The van der Waals surface area contributed by atoms with Gasteiger partial charge in [-0.3, -0.25) is 14.2 Å². The van der Waals surface area contributed by atoms with E-state index >= 15 is 0 Å². The molecule has 1 saturated heterocycles. The van der Waals surface area contributed by atoms with Crippen LogP contribution in [0.5, 0.6) is 0 Å². The van der Waals surface area contributed by atoms with Gasteiger partial charge in [0.05, 0.1) is 23.3 Å². The monoisotopic (exact) mass is 473 g/mol. The van der Waals surface area contributed by atoms with Gasteiger partial charge in [0.15, 0.2) is 0 Å². The Kier molecular flexibility index (Phi) is 6.24. The first kappa shape index (κ1) is 20.7. The second kappa shape index (κ2) is 9.06. The normalized spacial score (nSPS) is 16.1. The molecule has 1 aromatic heterocycles. The van der Waals surface area contributed by atoms with Crippen LogP contribution in [0.25, 0.3) is 10.9 Å². The molecule has 0 radical (unpaired) electrons. The van der Waals surface area contributed by atoms with Crippen molar-refractivity contribution >= 4 is 32.7 Å². The van der Waals surface area contributed by atoms with E-state index in [0.29, 0.717) is 29.6 Å². The molecule has 1 atom stereocenters. The van der Waals surface area contributed by atoms with Crippen molar-refractivity contribution in [1.82, 2.24) is 14.5 Å². The zero-order valence-electron chi connectivity index (χ0n) is 16.3. The molecular formula is C22H21BrFN3O3. The fourth-order valence-electron chi connectivity index (χ4n) is 3.63. The summed E-state index contributed by atoms with van der Waals surface area (Å²) >= 11 is 3.36. The molecule has 1 amide bonds. The molecule has 1 aliphatic heterocycles. The third kappa shape index (κ3) is 4.76. The third-order valence-corrected chi connectivity index (χ3v) is 5.65. The Morgan fingerprint density at radius 3 is 2.93 bits per heavy atom. The van der Waals surface area contributed by atoms with Gasteiger partial charge in [-0.15, -0.1) is 0 Å². The maximum absolute atomic E-state index is 13.6. The summed E-state index contributed by atoms with van der Waals surface area (Å²) in [6.07, 6.45) is 3.17. The molecule has 0 spiro atoms. The van der Waals surface area contributed by atoms with Gasteiger partial charge in [-0.05, 0) is 48.7 Å². The Morgan fingerprint density at radius 1 is 1.30 bits per heavy atom. The summed E-state index contributed by atoms with van der Waals surface area (Å²) in [5.41, 5.74) is 0.981. The maximum Gasteiger partial charge on any atom is 0.261 e. The number of aromatic nitrogens is 2. The van der Waals surface area contributed by atoms with Crippen LogP contribution in [0.1, 0.15) is 18.4 Å². The number of rotatable bonds is 6. The number of nitrogens with zero attached hydrogens (tertiary/aromatic N) is 3. The van der Waals surface area contributed by atoms with Crippen LogP contribution in [-0.4, -0.2) is 39.6 Å². The van der Waals surface area contributed by atoms with Crippen LogP contribution in [0.3, 0.4) is 0 Å². The molecule has 0 aliphatic carbocycles. The average Bonchev–Trinajstić information content (AvgIpc) is 3.23. The average molecular weight is 474 g/mol. The van der Waals surface area contributed by atoms with Crippen molar-refractivity contribution in [3.63, 3.8) is 0 Å². The molecule has 4 rings (SSSR count). The summed E-state index contributed by atoms with van der Waals surface area (Å²) < 4.78 is 21.4. The largest absolute Gasteiger partial charge is 0.376 e. The number of benzene rings is 2. The van der Waals surface area contributed by atoms with Crippen LogP contribution < -0.4 is 5.56 Å². The van der Waals surface area contributed by atoms with E-state index in [2.05, 4.69) is 20.9 Å². The molecule has 3 aromatic rings. The number of amides is 1. The maximum atomic E-state index is 13.6. The van der Waals surface area contributed by atoms with Gasteiger partial charge >= 0.3 is 0 Å². The lowest BCUT2D eigenvalue weighted by Crippen LogP contribution is -2.40. The summed E-state index contributed by atoms with van der Waals surface area (Å²) in [7, 11) is 0. The van der Waals surface area contributed by atoms with Crippen molar-refractivity contribution < 1.29 is 13.9 Å². The number of fused-ring (bicyclic) bond motifs is 1. The first-order valence-corrected chi connectivity index (χ1v) is 10.6. The highest BCUT2D eigenvalue weighted by Gasteiger charge is 2.23. The second-order valence-electron chi connectivity index (χ2n) is 7.38. The van der Waals surface area contributed by atoms with E-state index in [1.54, 1.807) is 29.2 Å². The fourth-order valence-corrected chi connectivity index (χ4v) is 4.00. The van der Waals surface area contributed by atoms with Crippen molar-refractivity contribution in [2.24, 2.45) is 0 Å².